The first-order valence-electron chi connectivity index (χ1n) is 8.55. The van der Waals surface area contributed by atoms with Gasteiger partial charge in [0.25, 0.3) is 5.91 Å². The van der Waals surface area contributed by atoms with E-state index < -0.39 is 0 Å². The molecule has 25 heavy (non-hydrogen) atoms. The quantitative estimate of drug-likeness (QED) is 0.798. The molecule has 1 amide bonds. The van der Waals surface area contributed by atoms with Gasteiger partial charge in [-0.1, -0.05) is 18.6 Å². The van der Waals surface area contributed by atoms with Crippen LogP contribution in [0.3, 0.4) is 0 Å². The Kier molecular flexibility index (Phi) is 4.24. The molecule has 1 aliphatic rings. The Morgan fingerprint density at radius 2 is 2.04 bits per heavy atom. The fraction of sp³-hybridized carbons (Fsp3) is 0.263. The van der Waals surface area contributed by atoms with Gasteiger partial charge >= 0.3 is 0 Å². The average Bonchev–Trinajstić information content (AvgIpc) is 2.91. The zero-order valence-corrected chi connectivity index (χ0v) is 13.9. The molecule has 1 aromatic carbocycles. The Balaban J connectivity index is 1.60. The molecule has 0 bridgehead atoms. The predicted molar refractivity (Wildman–Crippen MR) is 95.2 cm³/mol. The Bertz CT molecular complexity index is 888. The number of carbonyl (C=O) groups is 1. The molecule has 0 saturated carbocycles. The maximum Gasteiger partial charge on any atom is 0.257 e. The Labute approximate surface area is 145 Å². The third-order valence-corrected chi connectivity index (χ3v) is 4.41. The van der Waals surface area contributed by atoms with Gasteiger partial charge in [0.05, 0.1) is 5.56 Å². The first-order valence-corrected chi connectivity index (χ1v) is 8.55. The zero-order chi connectivity index (χ0) is 17.1. The van der Waals surface area contributed by atoms with Crippen LogP contribution < -0.4 is 5.32 Å². The lowest BCUT2D eigenvalue weighted by atomic mass is 10.1. The van der Waals surface area contributed by atoms with Crippen LogP contribution in [-0.2, 0) is 13.0 Å². The maximum atomic E-state index is 12.3. The molecule has 3 heterocycles. The highest BCUT2D eigenvalue weighted by molar-refractivity contribution is 6.04. The number of hydrogen-bond acceptors (Lipinski definition) is 4. The number of pyridine rings is 1. The van der Waals surface area contributed by atoms with Crippen molar-refractivity contribution in [2.24, 2.45) is 0 Å². The summed E-state index contributed by atoms with van der Waals surface area (Å²) in [5.74, 6) is 1.75. The SMILES string of the molecule is O=C(Nc1cccc(-c2nnc3n2CCCCC3)c1)c1cccnc1. The lowest BCUT2D eigenvalue weighted by Gasteiger charge is -2.09. The van der Waals surface area contributed by atoms with Gasteiger partial charge in [-0.3, -0.25) is 9.78 Å². The van der Waals surface area contributed by atoms with Crippen molar-refractivity contribution < 1.29 is 4.79 Å². The standard InChI is InChI=1S/C19H19N5O/c25-19(15-7-5-10-20-13-15)21-16-8-4-6-14(12-16)18-23-22-17-9-2-1-3-11-24(17)18/h4-8,10,12-13H,1-3,9,11H2,(H,21,25). The van der Waals surface area contributed by atoms with Gasteiger partial charge in [-0.05, 0) is 37.1 Å². The Hall–Kier alpha value is -3.02. The molecule has 3 aromatic rings. The number of nitrogens with one attached hydrogen (secondary N) is 1. The van der Waals surface area contributed by atoms with Gasteiger partial charge in [-0.25, -0.2) is 0 Å². The molecule has 0 unspecified atom stereocenters. The summed E-state index contributed by atoms with van der Waals surface area (Å²) in [5.41, 5.74) is 2.23. The number of carbonyl (C=O) groups excluding carboxylic acids is 1. The van der Waals surface area contributed by atoms with Crippen molar-refractivity contribution in [3.63, 3.8) is 0 Å². The summed E-state index contributed by atoms with van der Waals surface area (Å²) < 4.78 is 2.20. The molecule has 6 nitrogen and oxygen atoms in total. The fourth-order valence-corrected chi connectivity index (χ4v) is 3.13. The summed E-state index contributed by atoms with van der Waals surface area (Å²) in [6.07, 6.45) is 7.72. The van der Waals surface area contributed by atoms with Gasteiger partial charge in [0.2, 0.25) is 0 Å². The second kappa shape index (κ2) is 6.84. The molecule has 1 N–H and O–H groups in total. The lowest BCUT2D eigenvalue weighted by Crippen LogP contribution is -2.12. The van der Waals surface area contributed by atoms with Gasteiger partial charge in [0.15, 0.2) is 5.82 Å². The van der Waals surface area contributed by atoms with E-state index >= 15 is 0 Å². The van der Waals surface area contributed by atoms with Crippen molar-refractivity contribution in [3.8, 4) is 11.4 Å². The number of aromatic nitrogens is 4. The normalized spacial score (nSPS) is 13.8. The molecular weight excluding hydrogens is 314 g/mol. The molecule has 4 rings (SSSR count). The number of nitrogens with zero attached hydrogens (tertiary/aromatic N) is 4. The van der Waals surface area contributed by atoms with E-state index in [1.807, 2.05) is 24.3 Å². The van der Waals surface area contributed by atoms with Crippen molar-refractivity contribution >= 4 is 11.6 Å². The van der Waals surface area contributed by atoms with E-state index in [0.717, 1.165) is 42.3 Å². The van der Waals surface area contributed by atoms with Gasteiger partial charge in [0.1, 0.15) is 5.82 Å². The van der Waals surface area contributed by atoms with E-state index in [9.17, 15) is 4.79 Å². The van der Waals surface area contributed by atoms with Gasteiger partial charge in [-0.15, -0.1) is 10.2 Å². The minimum Gasteiger partial charge on any atom is -0.322 e. The van der Waals surface area contributed by atoms with Gasteiger partial charge in [-0.2, -0.15) is 0 Å². The predicted octanol–water partition coefficient (Wildman–Crippen LogP) is 3.32. The van der Waals surface area contributed by atoms with E-state index in [0.29, 0.717) is 5.56 Å². The molecule has 0 spiro atoms. The van der Waals surface area contributed by atoms with E-state index in [4.69, 9.17) is 0 Å². The smallest absolute Gasteiger partial charge is 0.257 e. The van der Waals surface area contributed by atoms with Crippen LogP contribution in [0.1, 0.15) is 35.4 Å². The second-order valence-corrected chi connectivity index (χ2v) is 6.18. The minimum atomic E-state index is -0.176. The number of hydrogen-bond donors (Lipinski definition) is 1. The first kappa shape index (κ1) is 15.5. The molecule has 0 radical (unpaired) electrons. The molecular formula is C19H19N5O. The van der Waals surface area contributed by atoms with Crippen LogP contribution in [0.5, 0.6) is 0 Å². The fourth-order valence-electron chi connectivity index (χ4n) is 3.13. The van der Waals surface area contributed by atoms with Crippen LogP contribution in [0.15, 0.2) is 48.8 Å². The van der Waals surface area contributed by atoms with E-state index in [-0.39, 0.29) is 5.91 Å². The topological polar surface area (TPSA) is 72.7 Å². The molecule has 6 heteroatoms. The monoisotopic (exact) mass is 333 g/mol. The van der Waals surface area contributed by atoms with Crippen LogP contribution in [0.2, 0.25) is 0 Å². The summed E-state index contributed by atoms with van der Waals surface area (Å²) in [7, 11) is 0. The third kappa shape index (κ3) is 3.28. The summed E-state index contributed by atoms with van der Waals surface area (Å²) >= 11 is 0. The van der Waals surface area contributed by atoms with Crippen molar-refractivity contribution in [1.82, 2.24) is 19.7 Å². The third-order valence-electron chi connectivity index (χ3n) is 4.41. The highest BCUT2D eigenvalue weighted by Gasteiger charge is 2.16. The lowest BCUT2D eigenvalue weighted by molar-refractivity contribution is 0.102. The zero-order valence-electron chi connectivity index (χ0n) is 13.9. The van der Waals surface area contributed by atoms with Crippen molar-refractivity contribution in [2.45, 2.75) is 32.2 Å². The van der Waals surface area contributed by atoms with Crippen molar-refractivity contribution in [2.75, 3.05) is 5.32 Å². The van der Waals surface area contributed by atoms with E-state index in [1.54, 1.807) is 24.5 Å². The largest absolute Gasteiger partial charge is 0.322 e. The highest BCUT2D eigenvalue weighted by Crippen LogP contribution is 2.25. The van der Waals surface area contributed by atoms with Crippen molar-refractivity contribution in [3.05, 3.63) is 60.2 Å². The van der Waals surface area contributed by atoms with Gasteiger partial charge < -0.3 is 9.88 Å². The van der Waals surface area contributed by atoms with E-state index in [1.165, 1.54) is 12.8 Å². The summed E-state index contributed by atoms with van der Waals surface area (Å²) in [6, 6.07) is 11.2. The number of fused-ring (bicyclic) bond motifs is 1. The van der Waals surface area contributed by atoms with Crippen LogP contribution in [0, 0.1) is 0 Å². The average molecular weight is 333 g/mol. The van der Waals surface area contributed by atoms with Gasteiger partial charge in [0, 0.05) is 36.6 Å². The Morgan fingerprint density at radius 1 is 1.08 bits per heavy atom. The number of amides is 1. The maximum absolute atomic E-state index is 12.3. The molecule has 0 saturated heterocycles. The second-order valence-electron chi connectivity index (χ2n) is 6.18. The number of rotatable bonds is 3. The molecule has 0 aliphatic carbocycles. The summed E-state index contributed by atoms with van der Waals surface area (Å²) in [5, 5.41) is 11.6. The molecule has 1 aliphatic heterocycles. The van der Waals surface area contributed by atoms with Crippen LogP contribution in [0.25, 0.3) is 11.4 Å². The minimum absolute atomic E-state index is 0.176. The molecule has 0 atom stereocenters. The van der Waals surface area contributed by atoms with Crippen LogP contribution in [-0.4, -0.2) is 25.7 Å². The van der Waals surface area contributed by atoms with E-state index in [2.05, 4.69) is 25.1 Å². The number of anilines is 1. The summed E-state index contributed by atoms with van der Waals surface area (Å²) in [6.45, 7) is 0.948. The first-order chi connectivity index (χ1) is 12.3. The molecule has 0 fully saturated rings. The Morgan fingerprint density at radius 3 is 2.92 bits per heavy atom. The van der Waals surface area contributed by atoms with Crippen LogP contribution in [0.4, 0.5) is 5.69 Å². The highest BCUT2D eigenvalue weighted by atomic mass is 16.1. The molecule has 2 aromatic heterocycles. The number of benzene rings is 1. The molecule has 126 valence electrons. The van der Waals surface area contributed by atoms with Crippen LogP contribution >= 0.6 is 0 Å². The summed E-state index contributed by atoms with van der Waals surface area (Å²) in [4.78, 5) is 16.3. The number of aryl methyl sites for hydroxylation is 1. The van der Waals surface area contributed by atoms with Crippen molar-refractivity contribution in [1.29, 1.82) is 0 Å².